The van der Waals surface area contributed by atoms with Crippen molar-refractivity contribution >= 4 is 19.4 Å². The molecular weight excluding hydrogens is 370 g/mol. The second kappa shape index (κ2) is 77.7. The molecule has 0 unspecified atom stereocenters. The zero-order chi connectivity index (χ0) is 8.12. The molecule has 0 aromatic heterocycles. The van der Waals surface area contributed by atoms with Gasteiger partial charge in [0.25, 0.3) is 0 Å². The quantitative estimate of drug-likeness (QED) is 0.393. The first-order valence-electron chi connectivity index (χ1n) is 1.41. The Morgan fingerprint density at radius 1 is 0.700 bits per heavy atom. The fourth-order valence-electron chi connectivity index (χ4n) is 0. The molecule has 0 aliphatic rings. The summed E-state index contributed by atoms with van der Waals surface area (Å²) in [7, 11) is 0. The van der Waals surface area contributed by atoms with Crippen molar-refractivity contribution in [2.75, 3.05) is 0 Å². The summed E-state index contributed by atoms with van der Waals surface area (Å²) in [5, 5.41) is 24.8. The van der Waals surface area contributed by atoms with Gasteiger partial charge in [-0.15, -0.1) is 0 Å². The Hall–Kier alpha value is -0.538. The van der Waals surface area contributed by atoms with Crippen LogP contribution in [0.4, 0.5) is 0 Å². The molecule has 10 heavy (non-hydrogen) atoms. The van der Waals surface area contributed by atoms with E-state index in [1.54, 1.807) is 0 Å². The molecule has 0 aromatic rings. The molecule has 0 amide bonds. The van der Waals surface area contributed by atoms with E-state index in [1.807, 2.05) is 0 Å². The predicted octanol–water partition coefficient (Wildman–Crippen LogP) is -4.90. The van der Waals surface area contributed by atoms with Crippen molar-refractivity contribution in [1.29, 1.82) is 0 Å². The molecule has 0 spiro atoms. The third-order valence-electron chi connectivity index (χ3n) is 0. The first-order chi connectivity index (χ1) is 4.24. The standard InChI is InChI=1S/3CH2O2.U/c3*2-1-3;/h3*1H,(H,2,3);/q;;;+3/p-3. The summed E-state index contributed by atoms with van der Waals surface area (Å²) in [4.78, 5) is 24.8. The maximum atomic E-state index is 8.25. The van der Waals surface area contributed by atoms with Crippen LogP contribution in [0.25, 0.3) is 0 Å². The van der Waals surface area contributed by atoms with E-state index < -0.39 is 19.4 Å². The largest absolute Gasteiger partial charge is 3.00 e. The molecule has 0 atom stereocenters. The fraction of sp³-hybridized carbons (Fsp3) is 0. The van der Waals surface area contributed by atoms with Gasteiger partial charge in [0.1, 0.15) is 0 Å². The van der Waals surface area contributed by atoms with Gasteiger partial charge in [-0.25, -0.2) is 0 Å². The number of carboxylic acid groups (broad SMARTS) is 3. The second-order valence-electron chi connectivity index (χ2n) is 0.289. The minimum absolute atomic E-state index is 0. The van der Waals surface area contributed by atoms with Gasteiger partial charge in [-0.1, -0.05) is 0 Å². The molecule has 0 aliphatic carbocycles. The van der Waals surface area contributed by atoms with E-state index in [0.717, 1.165) is 0 Å². The molecule has 1 radical (unpaired) electrons. The van der Waals surface area contributed by atoms with Crippen LogP contribution in [0.2, 0.25) is 0 Å². The summed E-state index contributed by atoms with van der Waals surface area (Å²) in [6.45, 7) is -1.50. The Bertz CT molecular complexity index is 49.7. The zero-order valence-corrected chi connectivity index (χ0v) is 8.85. The van der Waals surface area contributed by atoms with Crippen molar-refractivity contribution in [2.24, 2.45) is 0 Å². The molecule has 0 saturated heterocycles. The first kappa shape index (κ1) is 22.7. The van der Waals surface area contributed by atoms with Crippen LogP contribution in [0.1, 0.15) is 0 Å². The van der Waals surface area contributed by atoms with Crippen LogP contribution in [-0.2, 0) is 14.4 Å². The molecule has 0 aromatic carbocycles. The summed E-state index contributed by atoms with van der Waals surface area (Å²) in [5.74, 6) is 0. The molecule has 0 bridgehead atoms. The number of hydrogen-bond acceptors (Lipinski definition) is 6. The number of carbonyl (C=O) groups is 3. The van der Waals surface area contributed by atoms with Gasteiger partial charge in [-0.3, -0.25) is 0 Å². The Labute approximate surface area is 80.2 Å². The minimum Gasteiger partial charge on any atom is -0.554 e. The van der Waals surface area contributed by atoms with Crippen LogP contribution in [0, 0.1) is 31.1 Å². The van der Waals surface area contributed by atoms with Gasteiger partial charge in [0.05, 0.1) is 0 Å². The molecular formula is C3H3O6U. The van der Waals surface area contributed by atoms with Crippen LogP contribution in [0.3, 0.4) is 0 Å². The predicted molar refractivity (Wildman–Crippen MR) is 18.2 cm³/mol. The molecule has 6 nitrogen and oxygen atoms in total. The van der Waals surface area contributed by atoms with Crippen LogP contribution >= 0.6 is 0 Å². The van der Waals surface area contributed by atoms with E-state index >= 15 is 0 Å². The summed E-state index contributed by atoms with van der Waals surface area (Å²) < 4.78 is 0. The van der Waals surface area contributed by atoms with Gasteiger partial charge >= 0.3 is 31.1 Å². The molecule has 0 aliphatic heterocycles. The molecule has 0 fully saturated rings. The average molecular weight is 373 g/mol. The zero-order valence-electron chi connectivity index (χ0n) is 4.68. The van der Waals surface area contributed by atoms with Gasteiger partial charge in [0.15, 0.2) is 0 Å². The van der Waals surface area contributed by atoms with Gasteiger partial charge in [0.2, 0.25) is 0 Å². The third kappa shape index (κ3) is 1080. The Morgan fingerprint density at radius 2 is 0.700 bits per heavy atom. The molecule has 55 valence electrons. The Balaban J connectivity index is -0.0000000257. The van der Waals surface area contributed by atoms with Crippen molar-refractivity contribution in [3.8, 4) is 0 Å². The smallest absolute Gasteiger partial charge is 0.554 e. The first-order valence-corrected chi connectivity index (χ1v) is 1.41. The van der Waals surface area contributed by atoms with Gasteiger partial charge in [0, 0.05) is 19.4 Å². The van der Waals surface area contributed by atoms with Gasteiger partial charge in [-0.2, -0.15) is 0 Å². The molecule has 0 heterocycles. The number of hydrogen-bond donors (Lipinski definition) is 0. The third-order valence-corrected chi connectivity index (χ3v) is 0. The minimum atomic E-state index is -0.500. The van der Waals surface area contributed by atoms with Crippen LogP contribution in [-0.4, -0.2) is 19.4 Å². The number of rotatable bonds is 0. The van der Waals surface area contributed by atoms with Crippen molar-refractivity contribution in [3.63, 3.8) is 0 Å². The number of carbonyl (C=O) groups excluding carboxylic acids is 3. The topological polar surface area (TPSA) is 120 Å². The van der Waals surface area contributed by atoms with Gasteiger partial charge in [-0.05, 0) is 0 Å². The van der Waals surface area contributed by atoms with Crippen molar-refractivity contribution in [3.05, 3.63) is 0 Å². The van der Waals surface area contributed by atoms with E-state index in [9.17, 15) is 0 Å². The van der Waals surface area contributed by atoms with E-state index in [2.05, 4.69) is 0 Å². The average Bonchev–Trinajstić information content (AvgIpc) is 1.70. The summed E-state index contributed by atoms with van der Waals surface area (Å²) in [6, 6.07) is 0. The summed E-state index contributed by atoms with van der Waals surface area (Å²) >= 11 is 0. The fourth-order valence-corrected chi connectivity index (χ4v) is 0. The van der Waals surface area contributed by atoms with Crippen molar-refractivity contribution < 1.29 is 60.8 Å². The van der Waals surface area contributed by atoms with E-state index in [1.165, 1.54) is 0 Å². The van der Waals surface area contributed by atoms with Gasteiger partial charge < -0.3 is 29.7 Å². The molecule has 7 heteroatoms. The second-order valence-corrected chi connectivity index (χ2v) is 0.289. The Morgan fingerprint density at radius 3 is 0.700 bits per heavy atom. The SMILES string of the molecule is O=C[O-].O=C[O-].O=C[O-].[U+3]. The maximum Gasteiger partial charge on any atom is 3.00 e. The van der Waals surface area contributed by atoms with E-state index in [-0.39, 0.29) is 31.1 Å². The normalized spacial score (nSPS) is 3.60. The summed E-state index contributed by atoms with van der Waals surface area (Å²) in [6.07, 6.45) is 0. The Kier molecular flexibility index (Phi) is 177. The van der Waals surface area contributed by atoms with E-state index in [0.29, 0.717) is 0 Å². The van der Waals surface area contributed by atoms with Crippen LogP contribution in [0.15, 0.2) is 0 Å². The summed E-state index contributed by atoms with van der Waals surface area (Å²) in [5.41, 5.74) is 0. The molecule has 0 N–H and O–H groups in total. The maximum absolute atomic E-state index is 8.25. The van der Waals surface area contributed by atoms with Crippen molar-refractivity contribution in [1.82, 2.24) is 0 Å². The monoisotopic (exact) mass is 373 g/mol. The van der Waals surface area contributed by atoms with Crippen molar-refractivity contribution in [2.45, 2.75) is 0 Å². The van der Waals surface area contributed by atoms with E-state index in [4.69, 9.17) is 29.7 Å². The van der Waals surface area contributed by atoms with Crippen LogP contribution in [0.5, 0.6) is 0 Å². The molecule has 0 saturated carbocycles. The van der Waals surface area contributed by atoms with Crippen LogP contribution < -0.4 is 15.3 Å². The molecule has 0 rings (SSSR count).